The summed E-state index contributed by atoms with van der Waals surface area (Å²) in [6.07, 6.45) is 3.46. The molecule has 0 fully saturated rings. The number of fused-ring (bicyclic) bond motifs is 6. The fraction of sp³-hybridized carbons (Fsp3) is 0. The molecule has 4 heterocycles. The molecule has 0 N–H and O–H groups in total. The fourth-order valence-electron chi connectivity index (χ4n) is 4.66. The molecular weight excluding hydrogens is 435 g/mol. The second-order valence-electron chi connectivity index (χ2n) is 8.52. The SMILES string of the molecule is Fc1cc2ccc(-c3cccc(-c4ccc5ccc6cccnc6c5n4)c3)nc2c2ncccc12. The molecular formula is C30H17FN4. The highest BCUT2D eigenvalue weighted by Gasteiger charge is 2.12. The zero-order valence-corrected chi connectivity index (χ0v) is 18.5. The molecule has 0 spiro atoms. The van der Waals surface area contributed by atoms with Crippen molar-refractivity contribution in [1.29, 1.82) is 0 Å². The predicted octanol–water partition coefficient (Wildman–Crippen LogP) is 7.35. The zero-order valence-electron chi connectivity index (χ0n) is 18.5. The number of nitrogens with zero attached hydrogens (tertiary/aromatic N) is 4. The van der Waals surface area contributed by atoms with Gasteiger partial charge in [0.05, 0.1) is 33.5 Å². The van der Waals surface area contributed by atoms with E-state index in [9.17, 15) is 4.39 Å². The van der Waals surface area contributed by atoms with Crippen LogP contribution >= 0.6 is 0 Å². The molecule has 0 aliphatic rings. The molecule has 3 aromatic carbocycles. The van der Waals surface area contributed by atoms with Gasteiger partial charge in [-0.3, -0.25) is 9.97 Å². The van der Waals surface area contributed by atoms with Crippen LogP contribution in [0.2, 0.25) is 0 Å². The van der Waals surface area contributed by atoms with Crippen molar-refractivity contribution in [3.8, 4) is 22.5 Å². The molecule has 0 saturated heterocycles. The van der Waals surface area contributed by atoms with Crippen LogP contribution in [-0.4, -0.2) is 19.9 Å². The van der Waals surface area contributed by atoms with Gasteiger partial charge in [-0.2, -0.15) is 0 Å². The van der Waals surface area contributed by atoms with Crippen LogP contribution in [0.15, 0.2) is 103 Å². The molecule has 0 aliphatic heterocycles. The predicted molar refractivity (Wildman–Crippen MR) is 138 cm³/mol. The Bertz CT molecular complexity index is 1930. The maximum atomic E-state index is 14.5. The minimum Gasteiger partial charge on any atom is -0.254 e. The van der Waals surface area contributed by atoms with E-state index in [1.165, 1.54) is 6.07 Å². The van der Waals surface area contributed by atoms with Gasteiger partial charge in [0.1, 0.15) is 5.82 Å². The summed E-state index contributed by atoms with van der Waals surface area (Å²) in [5.41, 5.74) is 6.64. The highest BCUT2D eigenvalue weighted by Crippen LogP contribution is 2.31. The third kappa shape index (κ3) is 3.21. The molecule has 0 aliphatic carbocycles. The minimum absolute atomic E-state index is 0.290. The first-order valence-corrected chi connectivity index (χ1v) is 11.3. The number of halogens is 1. The number of pyridine rings is 4. The van der Waals surface area contributed by atoms with Crippen LogP contribution in [0.3, 0.4) is 0 Å². The minimum atomic E-state index is -0.290. The van der Waals surface area contributed by atoms with Crippen molar-refractivity contribution in [3.05, 3.63) is 109 Å². The average molecular weight is 452 g/mol. The molecule has 4 nitrogen and oxygen atoms in total. The van der Waals surface area contributed by atoms with E-state index in [4.69, 9.17) is 9.97 Å². The van der Waals surface area contributed by atoms with Crippen LogP contribution in [0.5, 0.6) is 0 Å². The third-order valence-electron chi connectivity index (χ3n) is 6.38. The normalized spacial score (nSPS) is 11.6. The van der Waals surface area contributed by atoms with E-state index < -0.39 is 0 Å². The van der Waals surface area contributed by atoms with Crippen LogP contribution < -0.4 is 0 Å². The van der Waals surface area contributed by atoms with Crippen molar-refractivity contribution < 1.29 is 4.39 Å². The van der Waals surface area contributed by atoms with Crippen LogP contribution in [0.1, 0.15) is 0 Å². The van der Waals surface area contributed by atoms with Crippen molar-refractivity contribution in [2.45, 2.75) is 0 Å². The maximum absolute atomic E-state index is 14.5. The molecule has 0 saturated carbocycles. The lowest BCUT2D eigenvalue weighted by molar-refractivity contribution is 0.641. The van der Waals surface area contributed by atoms with Gasteiger partial charge >= 0.3 is 0 Å². The summed E-state index contributed by atoms with van der Waals surface area (Å²) in [6, 6.07) is 29.2. The lowest BCUT2D eigenvalue weighted by Crippen LogP contribution is -1.92. The van der Waals surface area contributed by atoms with Crippen molar-refractivity contribution >= 4 is 43.6 Å². The van der Waals surface area contributed by atoms with Crippen molar-refractivity contribution in [2.24, 2.45) is 0 Å². The smallest absolute Gasteiger partial charge is 0.133 e. The van der Waals surface area contributed by atoms with Gasteiger partial charge in [-0.1, -0.05) is 48.5 Å². The van der Waals surface area contributed by atoms with Crippen LogP contribution in [0.4, 0.5) is 4.39 Å². The molecule has 7 rings (SSSR count). The molecule has 0 atom stereocenters. The average Bonchev–Trinajstić information content (AvgIpc) is 2.93. The molecule has 35 heavy (non-hydrogen) atoms. The summed E-state index contributed by atoms with van der Waals surface area (Å²) < 4.78 is 14.5. The lowest BCUT2D eigenvalue weighted by Gasteiger charge is -2.09. The second kappa shape index (κ2) is 7.64. The number of hydrogen-bond acceptors (Lipinski definition) is 4. The standard InChI is InChI=1S/C30H17FN4/c31-24-17-22-11-13-26(35-29(22)30-23(24)7-3-15-33-30)21-5-1-4-20(16-21)25-12-10-19-9-8-18-6-2-14-32-27(18)28(19)34-25/h1-17H. The van der Waals surface area contributed by atoms with E-state index in [0.29, 0.717) is 16.4 Å². The number of hydrogen-bond donors (Lipinski definition) is 0. The molecule has 0 bridgehead atoms. The maximum Gasteiger partial charge on any atom is 0.133 e. The summed E-state index contributed by atoms with van der Waals surface area (Å²) in [4.78, 5) is 18.8. The Morgan fingerprint density at radius 1 is 0.486 bits per heavy atom. The van der Waals surface area contributed by atoms with E-state index >= 15 is 0 Å². The van der Waals surface area contributed by atoms with Crippen LogP contribution in [-0.2, 0) is 0 Å². The summed E-state index contributed by atoms with van der Waals surface area (Å²) in [5, 5.41) is 3.32. The van der Waals surface area contributed by atoms with Gasteiger partial charge in [-0.15, -0.1) is 0 Å². The molecule has 5 heteroatoms. The van der Waals surface area contributed by atoms with E-state index in [1.54, 1.807) is 24.5 Å². The van der Waals surface area contributed by atoms with Crippen molar-refractivity contribution in [1.82, 2.24) is 19.9 Å². The third-order valence-corrected chi connectivity index (χ3v) is 6.38. The highest BCUT2D eigenvalue weighted by atomic mass is 19.1. The molecule has 7 aromatic rings. The lowest BCUT2D eigenvalue weighted by atomic mass is 10.0. The fourth-order valence-corrected chi connectivity index (χ4v) is 4.66. The van der Waals surface area contributed by atoms with Gasteiger partial charge in [-0.05, 0) is 42.5 Å². The zero-order chi connectivity index (χ0) is 23.4. The monoisotopic (exact) mass is 452 g/mol. The van der Waals surface area contributed by atoms with Crippen molar-refractivity contribution in [3.63, 3.8) is 0 Å². The highest BCUT2D eigenvalue weighted by molar-refractivity contribution is 6.04. The van der Waals surface area contributed by atoms with Gasteiger partial charge in [0.15, 0.2) is 0 Å². The van der Waals surface area contributed by atoms with Gasteiger partial charge in [-0.25, -0.2) is 14.4 Å². The first-order valence-electron chi connectivity index (χ1n) is 11.3. The van der Waals surface area contributed by atoms with Crippen LogP contribution in [0, 0.1) is 5.82 Å². The van der Waals surface area contributed by atoms with Gasteiger partial charge < -0.3 is 0 Å². The summed E-state index contributed by atoms with van der Waals surface area (Å²) in [6.45, 7) is 0. The van der Waals surface area contributed by atoms with E-state index in [1.807, 2.05) is 48.5 Å². The number of aromatic nitrogens is 4. The molecule has 0 amide bonds. The second-order valence-corrected chi connectivity index (χ2v) is 8.52. The van der Waals surface area contributed by atoms with Crippen LogP contribution in [0.25, 0.3) is 66.1 Å². The Balaban J connectivity index is 1.38. The first-order chi connectivity index (χ1) is 17.2. The van der Waals surface area contributed by atoms with E-state index in [2.05, 4.69) is 34.2 Å². The molecule has 0 unspecified atom stereocenters. The Hall–Kier alpha value is -4.77. The van der Waals surface area contributed by atoms with E-state index in [-0.39, 0.29) is 5.82 Å². The largest absolute Gasteiger partial charge is 0.254 e. The molecule has 164 valence electrons. The molecule has 0 radical (unpaired) electrons. The molecule has 4 aromatic heterocycles. The summed E-state index contributed by atoms with van der Waals surface area (Å²) >= 11 is 0. The quantitative estimate of drug-likeness (QED) is 0.257. The number of benzene rings is 3. The van der Waals surface area contributed by atoms with Gasteiger partial charge in [0.25, 0.3) is 0 Å². The Morgan fingerprint density at radius 2 is 1.09 bits per heavy atom. The summed E-state index contributed by atoms with van der Waals surface area (Å²) in [5.74, 6) is -0.290. The van der Waals surface area contributed by atoms with Gasteiger partial charge in [0.2, 0.25) is 0 Å². The Labute approximate surface area is 199 Å². The van der Waals surface area contributed by atoms with Gasteiger partial charge in [0, 0.05) is 45.1 Å². The summed E-state index contributed by atoms with van der Waals surface area (Å²) in [7, 11) is 0. The Kier molecular flexibility index (Phi) is 4.29. The topological polar surface area (TPSA) is 51.6 Å². The Morgan fingerprint density at radius 3 is 1.86 bits per heavy atom. The van der Waals surface area contributed by atoms with E-state index in [0.717, 1.165) is 49.7 Å². The number of rotatable bonds is 2. The first kappa shape index (κ1) is 19.7. The van der Waals surface area contributed by atoms with Crippen molar-refractivity contribution in [2.75, 3.05) is 0 Å².